The second kappa shape index (κ2) is 8.87. The number of benzene rings is 2. The first-order chi connectivity index (χ1) is 12.0. The van der Waals surface area contributed by atoms with E-state index in [4.69, 9.17) is 9.47 Å². The van der Waals surface area contributed by atoms with Crippen molar-refractivity contribution in [2.75, 3.05) is 13.7 Å². The summed E-state index contributed by atoms with van der Waals surface area (Å²) < 4.78 is 10.8. The van der Waals surface area contributed by atoms with Crippen LogP contribution < -0.4 is 14.8 Å². The fraction of sp³-hybridized carbons (Fsp3) is 0.300. The van der Waals surface area contributed by atoms with Gasteiger partial charge in [-0.2, -0.15) is 0 Å². The number of hydrogen-bond acceptors (Lipinski definition) is 4. The Bertz CT molecular complexity index is 737. The molecule has 0 heterocycles. The monoisotopic (exact) mass is 340 g/mol. The summed E-state index contributed by atoms with van der Waals surface area (Å²) in [6, 6.07) is 13.4. The molecular formula is C20H24N2O3. The molecule has 132 valence electrons. The standard InChI is InChI=1S/C20H24N2O3/c1-14(2)22-20(23)13-25-17-8-6-16(7-9-17)12-21-18-11-15(3)5-10-19(18)24-4/h5-12,14H,13H2,1-4H3,(H,22,23). The minimum atomic E-state index is -0.132. The largest absolute Gasteiger partial charge is 0.494 e. The molecule has 0 saturated carbocycles. The molecule has 0 unspecified atom stereocenters. The second-order valence-corrected chi connectivity index (χ2v) is 6.01. The van der Waals surface area contributed by atoms with Crippen molar-refractivity contribution in [3.63, 3.8) is 0 Å². The molecule has 2 aromatic carbocycles. The summed E-state index contributed by atoms with van der Waals surface area (Å²) in [4.78, 5) is 16.1. The zero-order valence-corrected chi connectivity index (χ0v) is 15.1. The number of rotatable bonds is 7. The number of carbonyl (C=O) groups excluding carboxylic acids is 1. The summed E-state index contributed by atoms with van der Waals surface area (Å²) in [5.74, 6) is 1.24. The average Bonchev–Trinajstić information content (AvgIpc) is 2.58. The zero-order valence-electron chi connectivity index (χ0n) is 15.1. The van der Waals surface area contributed by atoms with Crippen LogP contribution in [0.25, 0.3) is 0 Å². The Morgan fingerprint density at radius 1 is 1.20 bits per heavy atom. The van der Waals surface area contributed by atoms with Crippen LogP contribution in [0.5, 0.6) is 11.5 Å². The number of aliphatic imine (C=N–C) groups is 1. The van der Waals surface area contributed by atoms with Crippen LogP contribution in [0.2, 0.25) is 0 Å². The van der Waals surface area contributed by atoms with E-state index >= 15 is 0 Å². The molecule has 25 heavy (non-hydrogen) atoms. The van der Waals surface area contributed by atoms with Crippen LogP contribution in [-0.2, 0) is 4.79 Å². The summed E-state index contributed by atoms with van der Waals surface area (Å²) in [5, 5.41) is 2.78. The van der Waals surface area contributed by atoms with Gasteiger partial charge >= 0.3 is 0 Å². The van der Waals surface area contributed by atoms with Crippen molar-refractivity contribution in [3.8, 4) is 11.5 Å². The van der Waals surface area contributed by atoms with E-state index in [1.54, 1.807) is 13.3 Å². The number of carbonyl (C=O) groups is 1. The molecule has 0 radical (unpaired) electrons. The molecule has 0 saturated heterocycles. The molecule has 0 spiro atoms. The van der Waals surface area contributed by atoms with Crippen molar-refractivity contribution in [1.29, 1.82) is 0 Å². The fourth-order valence-corrected chi connectivity index (χ4v) is 2.21. The zero-order chi connectivity index (χ0) is 18.2. The molecule has 5 heteroatoms. The number of aryl methyl sites for hydroxylation is 1. The van der Waals surface area contributed by atoms with Crippen LogP contribution in [0.15, 0.2) is 47.5 Å². The van der Waals surface area contributed by atoms with Gasteiger partial charge in [-0.15, -0.1) is 0 Å². The smallest absolute Gasteiger partial charge is 0.258 e. The number of nitrogens with one attached hydrogen (secondary N) is 1. The highest BCUT2D eigenvalue weighted by Gasteiger charge is 2.04. The van der Waals surface area contributed by atoms with E-state index < -0.39 is 0 Å². The van der Waals surface area contributed by atoms with Gasteiger partial charge in [0, 0.05) is 12.3 Å². The molecule has 5 nitrogen and oxygen atoms in total. The number of amides is 1. The lowest BCUT2D eigenvalue weighted by Crippen LogP contribution is -2.34. The molecule has 0 aliphatic carbocycles. The van der Waals surface area contributed by atoms with Crippen LogP contribution in [0, 0.1) is 6.92 Å². The summed E-state index contributed by atoms with van der Waals surface area (Å²) in [6.07, 6.45) is 1.77. The van der Waals surface area contributed by atoms with Crippen molar-refractivity contribution in [1.82, 2.24) is 5.32 Å². The number of methoxy groups -OCH3 is 1. The predicted octanol–water partition coefficient (Wildman–Crippen LogP) is 3.66. The topological polar surface area (TPSA) is 59.9 Å². The molecule has 1 N–H and O–H groups in total. The first-order valence-electron chi connectivity index (χ1n) is 8.19. The number of ether oxygens (including phenoxy) is 2. The van der Waals surface area contributed by atoms with Gasteiger partial charge in [0.05, 0.1) is 7.11 Å². The van der Waals surface area contributed by atoms with E-state index in [1.165, 1.54) is 0 Å². The molecular weight excluding hydrogens is 316 g/mol. The van der Waals surface area contributed by atoms with E-state index in [0.717, 1.165) is 22.6 Å². The molecule has 1 amide bonds. The third kappa shape index (κ3) is 5.95. The minimum Gasteiger partial charge on any atom is -0.494 e. The Morgan fingerprint density at radius 2 is 1.92 bits per heavy atom. The molecule has 0 aliphatic heterocycles. The lowest BCUT2D eigenvalue weighted by molar-refractivity contribution is -0.123. The van der Waals surface area contributed by atoms with E-state index in [1.807, 2.05) is 63.2 Å². The van der Waals surface area contributed by atoms with Gasteiger partial charge in [-0.05, 0) is 68.3 Å². The normalized spacial score (nSPS) is 10.9. The van der Waals surface area contributed by atoms with Gasteiger partial charge in [-0.3, -0.25) is 9.79 Å². The van der Waals surface area contributed by atoms with Gasteiger partial charge < -0.3 is 14.8 Å². The van der Waals surface area contributed by atoms with Gasteiger partial charge in [0.2, 0.25) is 0 Å². The third-order valence-corrected chi connectivity index (χ3v) is 3.39. The molecule has 0 atom stereocenters. The maximum Gasteiger partial charge on any atom is 0.258 e. The molecule has 0 fully saturated rings. The predicted molar refractivity (Wildman–Crippen MR) is 100 cm³/mol. The number of nitrogens with zero attached hydrogens (tertiary/aromatic N) is 1. The summed E-state index contributed by atoms with van der Waals surface area (Å²) in [6.45, 7) is 5.84. The highest BCUT2D eigenvalue weighted by Crippen LogP contribution is 2.28. The Labute approximate surface area is 148 Å². The summed E-state index contributed by atoms with van der Waals surface area (Å²) in [5.41, 5.74) is 2.84. The highest BCUT2D eigenvalue weighted by molar-refractivity contribution is 5.83. The van der Waals surface area contributed by atoms with Crippen molar-refractivity contribution in [2.45, 2.75) is 26.8 Å². The van der Waals surface area contributed by atoms with Crippen LogP contribution in [0.1, 0.15) is 25.0 Å². The molecule has 0 aromatic heterocycles. The number of hydrogen-bond donors (Lipinski definition) is 1. The van der Waals surface area contributed by atoms with E-state index in [-0.39, 0.29) is 18.6 Å². The second-order valence-electron chi connectivity index (χ2n) is 6.01. The molecule has 2 rings (SSSR count). The van der Waals surface area contributed by atoms with Gasteiger partial charge in [0.1, 0.15) is 17.2 Å². The summed E-state index contributed by atoms with van der Waals surface area (Å²) in [7, 11) is 1.63. The Morgan fingerprint density at radius 3 is 2.56 bits per heavy atom. The third-order valence-electron chi connectivity index (χ3n) is 3.39. The maximum absolute atomic E-state index is 11.6. The fourth-order valence-electron chi connectivity index (χ4n) is 2.21. The van der Waals surface area contributed by atoms with E-state index in [0.29, 0.717) is 5.75 Å². The van der Waals surface area contributed by atoms with Gasteiger partial charge in [0.25, 0.3) is 5.91 Å². The van der Waals surface area contributed by atoms with Crippen LogP contribution in [0.4, 0.5) is 5.69 Å². The Kier molecular flexibility index (Phi) is 6.57. The van der Waals surface area contributed by atoms with E-state index in [9.17, 15) is 4.79 Å². The van der Waals surface area contributed by atoms with Crippen molar-refractivity contribution >= 4 is 17.8 Å². The first-order valence-corrected chi connectivity index (χ1v) is 8.19. The SMILES string of the molecule is COc1ccc(C)cc1N=Cc1ccc(OCC(=O)NC(C)C)cc1. The highest BCUT2D eigenvalue weighted by atomic mass is 16.5. The van der Waals surface area contributed by atoms with E-state index in [2.05, 4.69) is 10.3 Å². The van der Waals surface area contributed by atoms with Crippen molar-refractivity contribution < 1.29 is 14.3 Å². The first kappa shape index (κ1) is 18.5. The Balaban J connectivity index is 1.98. The Hall–Kier alpha value is -2.82. The lowest BCUT2D eigenvalue weighted by atomic mass is 10.2. The molecule has 0 aliphatic rings. The van der Waals surface area contributed by atoms with Crippen molar-refractivity contribution in [3.05, 3.63) is 53.6 Å². The van der Waals surface area contributed by atoms with Crippen LogP contribution in [-0.4, -0.2) is 31.9 Å². The maximum atomic E-state index is 11.6. The minimum absolute atomic E-state index is 0.00606. The quantitative estimate of drug-likeness (QED) is 0.783. The van der Waals surface area contributed by atoms with Gasteiger partial charge in [-0.25, -0.2) is 0 Å². The molecule has 0 bridgehead atoms. The molecule has 2 aromatic rings. The lowest BCUT2D eigenvalue weighted by Gasteiger charge is -2.09. The van der Waals surface area contributed by atoms with Gasteiger partial charge in [0.15, 0.2) is 6.61 Å². The van der Waals surface area contributed by atoms with Crippen LogP contribution in [0.3, 0.4) is 0 Å². The van der Waals surface area contributed by atoms with Gasteiger partial charge in [-0.1, -0.05) is 6.07 Å². The van der Waals surface area contributed by atoms with Crippen LogP contribution >= 0.6 is 0 Å². The average molecular weight is 340 g/mol. The van der Waals surface area contributed by atoms with Crippen molar-refractivity contribution in [2.24, 2.45) is 4.99 Å². The summed E-state index contributed by atoms with van der Waals surface area (Å²) >= 11 is 0.